The molecule has 1 fully saturated rings. The molecule has 0 unspecified atom stereocenters. The van der Waals surface area contributed by atoms with Crippen molar-refractivity contribution in [3.05, 3.63) is 29.3 Å². The molecule has 0 amide bonds. The van der Waals surface area contributed by atoms with E-state index in [4.69, 9.17) is 10.5 Å². The van der Waals surface area contributed by atoms with Crippen molar-refractivity contribution in [3.63, 3.8) is 0 Å². The molecular weight excluding hydrogens is 238 g/mol. The third-order valence-corrected chi connectivity index (χ3v) is 4.63. The first-order chi connectivity index (χ1) is 9.25. The van der Waals surface area contributed by atoms with Crippen LogP contribution in [0.3, 0.4) is 0 Å². The maximum Gasteiger partial charge on any atom is 0.170 e. The molecule has 0 radical (unpaired) electrons. The molecule has 0 saturated heterocycles. The molecule has 2 aliphatic rings. The van der Waals surface area contributed by atoms with Crippen LogP contribution < -0.4 is 10.5 Å². The van der Waals surface area contributed by atoms with E-state index >= 15 is 0 Å². The quantitative estimate of drug-likeness (QED) is 0.849. The third-order valence-electron chi connectivity index (χ3n) is 4.63. The van der Waals surface area contributed by atoms with Crippen molar-refractivity contribution >= 4 is 5.78 Å². The topological polar surface area (TPSA) is 52.3 Å². The number of ketones is 1. The largest absolute Gasteiger partial charge is 0.493 e. The Morgan fingerprint density at radius 2 is 2.05 bits per heavy atom. The normalized spacial score (nSPS) is 20.7. The van der Waals surface area contributed by atoms with E-state index in [0.29, 0.717) is 6.54 Å². The predicted octanol–water partition coefficient (Wildman–Crippen LogP) is 2.71. The summed E-state index contributed by atoms with van der Waals surface area (Å²) in [6.07, 6.45) is 6.26. The molecule has 19 heavy (non-hydrogen) atoms. The van der Waals surface area contributed by atoms with Crippen LogP contribution in [0, 0.1) is 5.41 Å². The van der Waals surface area contributed by atoms with Gasteiger partial charge in [-0.15, -0.1) is 0 Å². The van der Waals surface area contributed by atoms with Crippen LogP contribution in [0.4, 0.5) is 0 Å². The lowest BCUT2D eigenvalue weighted by atomic mass is 9.69. The molecule has 0 bridgehead atoms. The lowest BCUT2D eigenvalue weighted by Crippen LogP contribution is -2.40. The van der Waals surface area contributed by atoms with Gasteiger partial charge in [-0.3, -0.25) is 4.79 Å². The summed E-state index contributed by atoms with van der Waals surface area (Å²) in [5, 5.41) is 0. The number of nitrogens with two attached hydrogens (primary N) is 1. The van der Waals surface area contributed by atoms with Crippen molar-refractivity contribution in [1.82, 2.24) is 0 Å². The smallest absolute Gasteiger partial charge is 0.170 e. The molecule has 1 aromatic carbocycles. The maximum absolute atomic E-state index is 12.8. The van der Waals surface area contributed by atoms with E-state index in [2.05, 4.69) is 0 Å². The van der Waals surface area contributed by atoms with Crippen LogP contribution in [0.2, 0.25) is 0 Å². The maximum atomic E-state index is 12.8. The summed E-state index contributed by atoms with van der Waals surface area (Å²) in [6, 6.07) is 5.85. The monoisotopic (exact) mass is 259 g/mol. The third kappa shape index (κ3) is 2.16. The van der Waals surface area contributed by atoms with E-state index in [1.54, 1.807) is 0 Å². The molecule has 3 rings (SSSR count). The van der Waals surface area contributed by atoms with Crippen LogP contribution in [-0.2, 0) is 6.42 Å². The van der Waals surface area contributed by atoms with Gasteiger partial charge in [0.25, 0.3) is 0 Å². The van der Waals surface area contributed by atoms with E-state index in [0.717, 1.165) is 55.6 Å². The number of hydrogen-bond donors (Lipinski definition) is 1. The summed E-state index contributed by atoms with van der Waals surface area (Å²) < 4.78 is 5.49. The Labute approximate surface area is 114 Å². The van der Waals surface area contributed by atoms with Crippen LogP contribution in [0.1, 0.15) is 48.0 Å². The number of carbonyl (C=O) groups excluding carboxylic acids is 1. The van der Waals surface area contributed by atoms with Gasteiger partial charge in [-0.05, 0) is 36.6 Å². The zero-order chi connectivity index (χ0) is 13.3. The number of fused-ring (bicyclic) bond motifs is 1. The summed E-state index contributed by atoms with van der Waals surface area (Å²) in [4.78, 5) is 12.8. The average Bonchev–Trinajstić information content (AvgIpc) is 2.94. The summed E-state index contributed by atoms with van der Waals surface area (Å²) in [7, 11) is 0. The SMILES string of the molecule is NCC1(C(=O)c2ccc3c(c2)CCO3)CCCCC1. The van der Waals surface area contributed by atoms with Crippen LogP contribution >= 0.6 is 0 Å². The molecule has 3 heteroatoms. The lowest BCUT2D eigenvalue weighted by molar-refractivity contribution is 0.0729. The molecule has 1 saturated carbocycles. The number of carbonyl (C=O) groups is 1. The Hall–Kier alpha value is -1.35. The fraction of sp³-hybridized carbons (Fsp3) is 0.562. The Morgan fingerprint density at radius 3 is 2.79 bits per heavy atom. The van der Waals surface area contributed by atoms with Crippen LogP contribution in [0.5, 0.6) is 5.75 Å². The van der Waals surface area contributed by atoms with Gasteiger partial charge in [-0.25, -0.2) is 0 Å². The zero-order valence-corrected chi connectivity index (χ0v) is 11.3. The van der Waals surface area contributed by atoms with Gasteiger partial charge in [0.15, 0.2) is 5.78 Å². The molecule has 0 atom stereocenters. The van der Waals surface area contributed by atoms with Crippen LogP contribution in [0.25, 0.3) is 0 Å². The van der Waals surface area contributed by atoms with Crippen LogP contribution in [0.15, 0.2) is 18.2 Å². The van der Waals surface area contributed by atoms with Crippen molar-refractivity contribution in [1.29, 1.82) is 0 Å². The van der Waals surface area contributed by atoms with Gasteiger partial charge in [-0.2, -0.15) is 0 Å². The molecule has 102 valence electrons. The van der Waals surface area contributed by atoms with Gasteiger partial charge in [0.05, 0.1) is 6.61 Å². The number of ether oxygens (including phenoxy) is 1. The number of hydrogen-bond acceptors (Lipinski definition) is 3. The number of Topliss-reactive ketones (excluding diaryl/α,β-unsaturated/α-hetero) is 1. The molecule has 1 aromatic rings. The zero-order valence-electron chi connectivity index (χ0n) is 11.3. The van der Waals surface area contributed by atoms with E-state index in [-0.39, 0.29) is 11.2 Å². The molecule has 2 N–H and O–H groups in total. The Balaban J connectivity index is 1.90. The minimum absolute atomic E-state index is 0.240. The standard InChI is InChI=1S/C16H21NO2/c17-11-16(7-2-1-3-8-16)15(18)13-4-5-14-12(10-13)6-9-19-14/h4-5,10H,1-3,6-9,11,17H2. The summed E-state index contributed by atoms with van der Waals surface area (Å²) in [5.41, 5.74) is 7.61. The van der Waals surface area contributed by atoms with E-state index < -0.39 is 0 Å². The highest BCUT2D eigenvalue weighted by molar-refractivity contribution is 6.01. The number of benzene rings is 1. The lowest BCUT2D eigenvalue weighted by Gasteiger charge is -2.34. The molecular formula is C16H21NO2. The Morgan fingerprint density at radius 1 is 1.26 bits per heavy atom. The highest BCUT2D eigenvalue weighted by atomic mass is 16.5. The van der Waals surface area contributed by atoms with E-state index in [1.807, 2.05) is 18.2 Å². The molecule has 0 spiro atoms. The first-order valence-corrected chi connectivity index (χ1v) is 7.26. The highest BCUT2D eigenvalue weighted by Crippen LogP contribution is 2.39. The fourth-order valence-corrected chi connectivity index (χ4v) is 3.39. The minimum atomic E-state index is -0.314. The van der Waals surface area contributed by atoms with Gasteiger partial charge >= 0.3 is 0 Å². The summed E-state index contributed by atoms with van der Waals surface area (Å²) in [6.45, 7) is 1.20. The summed E-state index contributed by atoms with van der Waals surface area (Å²) >= 11 is 0. The van der Waals surface area contributed by atoms with Crippen molar-refractivity contribution in [2.45, 2.75) is 38.5 Å². The fourth-order valence-electron chi connectivity index (χ4n) is 3.39. The van der Waals surface area contributed by atoms with Crippen LogP contribution in [-0.4, -0.2) is 18.9 Å². The second-order valence-corrected chi connectivity index (χ2v) is 5.80. The van der Waals surface area contributed by atoms with Gasteiger partial charge in [-0.1, -0.05) is 19.3 Å². The van der Waals surface area contributed by atoms with Crippen molar-refractivity contribution in [2.24, 2.45) is 11.1 Å². The molecule has 3 nitrogen and oxygen atoms in total. The molecule has 0 aromatic heterocycles. The van der Waals surface area contributed by atoms with E-state index in [1.165, 1.54) is 6.42 Å². The first kappa shape index (κ1) is 12.7. The summed E-state index contributed by atoms with van der Waals surface area (Å²) in [5.74, 6) is 1.17. The average molecular weight is 259 g/mol. The van der Waals surface area contributed by atoms with Crippen molar-refractivity contribution < 1.29 is 9.53 Å². The van der Waals surface area contributed by atoms with Gasteiger partial charge < -0.3 is 10.5 Å². The van der Waals surface area contributed by atoms with E-state index in [9.17, 15) is 4.79 Å². The molecule has 1 heterocycles. The Kier molecular flexibility index (Phi) is 3.31. The second kappa shape index (κ2) is 4.97. The first-order valence-electron chi connectivity index (χ1n) is 7.26. The minimum Gasteiger partial charge on any atom is -0.493 e. The van der Waals surface area contributed by atoms with Gasteiger partial charge in [0, 0.05) is 23.9 Å². The molecule has 1 aliphatic heterocycles. The number of rotatable bonds is 3. The Bertz CT molecular complexity index is 490. The molecule has 1 aliphatic carbocycles. The second-order valence-electron chi connectivity index (χ2n) is 5.80. The van der Waals surface area contributed by atoms with Crippen molar-refractivity contribution in [3.8, 4) is 5.75 Å². The van der Waals surface area contributed by atoms with Crippen molar-refractivity contribution in [2.75, 3.05) is 13.2 Å². The highest BCUT2D eigenvalue weighted by Gasteiger charge is 2.38. The van der Waals surface area contributed by atoms with Gasteiger partial charge in [0.2, 0.25) is 0 Å². The van der Waals surface area contributed by atoms with Gasteiger partial charge in [0.1, 0.15) is 5.75 Å². The predicted molar refractivity (Wildman–Crippen MR) is 74.5 cm³/mol.